The van der Waals surface area contributed by atoms with Gasteiger partial charge in [0.1, 0.15) is 0 Å². The maximum atomic E-state index is 12.7. The number of ether oxygens (including phenoxy) is 1. The second kappa shape index (κ2) is 6.97. The lowest BCUT2D eigenvalue weighted by molar-refractivity contribution is -0.196. The van der Waals surface area contributed by atoms with Crippen LogP contribution in [0.4, 0.5) is 13.2 Å². The van der Waals surface area contributed by atoms with Crippen LogP contribution in [0.2, 0.25) is 0 Å². The Labute approximate surface area is 109 Å². The van der Waals surface area contributed by atoms with E-state index in [1.54, 1.807) is 30.3 Å². The Balaban J connectivity index is 2.69. The largest absolute Gasteiger partial charge is 0.466 e. The number of carbonyl (C=O) groups excluding carboxylic acids is 1. The number of hydrogen-bond donors (Lipinski definition) is 0. The van der Waals surface area contributed by atoms with E-state index in [4.69, 9.17) is 0 Å². The highest BCUT2D eigenvalue weighted by Gasteiger charge is 2.44. The van der Waals surface area contributed by atoms with E-state index in [0.717, 1.165) is 5.56 Å². The lowest BCUT2D eigenvalue weighted by Gasteiger charge is -2.16. The zero-order chi connectivity index (χ0) is 14.3. The molecule has 19 heavy (non-hydrogen) atoms. The molecule has 0 spiro atoms. The van der Waals surface area contributed by atoms with Crippen LogP contribution in [0.3, 0.4) is 0 Å². The van der Waals surface area contributed by atoms with E-state index >= 15 is 0 Å². The fraction of sp³-hybridized carbons (Fsp3) is 0.357. The molecule has 1 rings (SSSR count). The zero-order valence-corrected chi connectivity index (χ0v) is 10.5. The van der Waals surface area contributed by atoms with Crippen molar-refractivity contribution in [2.45, 2.75) is 19.5 Å². The first kappa shape index (κ1) is 15.3. The number of benzene rings is 1. The summed E-state index contributed by atoms with van der Waals surface area (Å²) in [6.07, 6.45) is -2.12. The lowest BCUT2D eigenvalue weighted by atomic mass is 10.0. The van der Waals surface area contributed by atoms with Crippen LogP contribution in [-0.2, 0) is 9.53 Å². The molecule has 0 saturated heterocycles. The molecule has 104 valence electrons. The molecule has 1 unspecified atom stereocenters. The van der Waals surface area contributed by atoms with Crippen molar-refractivity contribution in [1.82, 2.24) is 0 Å². The van der Waals surface area contributed by atoms with Crippen molar-refractivity contribution < 1.29 is 22.7 Å². The van der Waals surface area contributed by atoms with E-state index in [1.807, 2.05) is 6.07 Å². The number of hydrogen-bond acceptors (Lipinski definition) is 2. The third-order valence-corrected chi connectivity index (χ3v) is 2.45. The third kappa shape index (κ3) is 5.16. The normalized spacial score (nSPS) is 13.5. The molecule has 0 bridgehead atoms. The first-order valence-corrected chi connectivity index (χ1v) is 5.90. The van der Waals surface area contributed by atoms with E-state index in [9.17, 15) is 18.0 Å². The maximum Gasteiger partial charge on any atom is 0.402 e. The molecule has 0 radical (unpaired) electrons. The highest BCUT2D eigenvalue weighted by Crippen LogP contribution is 2.30. The Morgan fingerprint density at radius 3 is 2.47 bits per heavy atom. The molecule has 1 aromatic rings. The van der Waals surface area contributed by atoms with Crippen LogP contribution < -0.4 is 0 Å². The van der Waals surface area contributed by atoms with Gasteiger partial charge in [-0.3, -0.25) is 4.79 Å². The molecule has 1 aromatic carbocycles. The van der Waals surface area contributed by atoms with Crippen LogP contribution >= 0.6 is 0 Å². The Morgan fingerprint density at radius 2 is 1.95 bits per heavy atom. The minimum absolute atomic E-state index is 0.0617. The summed E-state index contributed by atoms with van der Waals surface area (Å²) in [7, 11) is 0. The molecule has 5 heteroatoms. The van der Waals surface area contributed by atoms with Gasteiger partial charge in [-0.05, 0) is 18.9 Å². The van der Waals surface area contributed by atoms with Crippen molar-refractivity contribution in [3.63, 3.8) is 0 Å². The second-order valence-electron chi connectivity index (χ2n) is 3.90. The standard InChI is InChI=1S/C14H15F3O2/c1-2-19-13(18)12(14(15,16)17)10-6-9-11-7-4-3-5-8-11/h3-9,12H,2,10H2,1H3/b9-6+. The summed E-state index contributed by atoms with van der Waals surface area (Å²) in [4.78, 5) is 11.3. The highest BCUT2D eigenvalue weighted by molar-refractivity contribution is 5.73. The molecule has 0 aliphatic heterocycles. The molecular weight excluding hydrogens is 257 g/mol. The monoisotopic (exact) mass is 272 g/mol. The molecule has 1 atom stereocenters. The van der Waals surface area contributed by atoms with Gasteiger partial charge in [0.25, 0.3) is 0 Å². The zero-order valence-electron chi connectivity index (χ0n) is 10.5. The fourth-order valence-electron chi connectivity index (χ4n) is 1.51. The summed E-state index contributed by atoms with van der Waals surface area (Å²) in [5, 5.41) is 0. The number of halogens is 3. The molecular formula is C14H15F3O2. The molecule has 0 saturated carbocycles. The average Bonchev–Trinajstić information content (AvgIpc) is 2.34. The van der Waals surface area contributed by atoms with Gasteiger partial charge in [-0.15, -0.1) is 0 Å². The van der Waals surface area contributed by atoms with E-state index in [0.29, 0.717) is 0 Å². The summed E-state index contributed by atoms with van der Waals surface area (Å²) in [5.74, 6) is -3.33. The van der Waals surface area contributed by atoms with Gasteiger partial charge in [0, 0.05) is 0 Å². The van der Waals surface area contributed by atoms with Crippen molar-refractivity contribution in [2.24, 2.45) is 5.92 Å². The lowest BCUT2D eigenvalue weighted by Crippen LogP contribution is -2.31. The molecule has 0 N–H and O–H groups in total. The topological polar surface area (TPSA) is 26.3 Å². The van der Waals surface area contributed by atoms with Crippen LogP contribution in [-0.4, -0.2) is 18.8 Å². The fourth-order valence-corrected chi connectivity index (χ4v) is 1.51. The highest BCUT2D eigenvalue weighted by atomic mass is 19.4. The van der Waals surface area contributed by atoms with Crippen LogP contribution in [0.25, 0.3) is 6.08 Å². The molecule has 2 nitrogen and oxygen atoms in total. The van der Waals surface area contributed by atoms with Crippen LogP contribution in [0.1, 0.15) is 18.9 Å². The van der Waals surface area contributed by atoms with Gasteiger partial charge in [0.15, 0.2) is 5.92 Å². The molecule has 0 fully saturated rings. The third-order valence-electron chi connectivity index (χ3n) is 2.45. The predicted octanol–water partition coefficient (Wildman–Crippen LogP) is 3.83. The molecule has 0 heterocycles. The van der Waals surface area contributed by atoms with Crippen LogP contribution in [0.5, 0.6) is 0 Å². The smallest absolute Gasteiger partial charge is 0.402 e. The van der Waals surface area contributed by atoms with Crippen LogP contribution in [0, 0.1) is 5.92 Å². The van der Waals surface area contributed by atoms with Crippen molar-refractivity contribution in [2.75, 3.05) is 6.61 Å². The van der Waals surface area contributed by atoms with Gasteiger partial charge in [0.2, 0.25) is 0 Å². The van der Waals surface area contributed by atoms with Gasteiger partial charge in [-0.2, -0.15) is 13.2 Å². The van der Waals surface area contributed by atoms with Crippen molar-refractivity contribution in [1.29, 1.82) is 0 Å². The Bertz CT molecular complexity index is 424. The van der Waals surface area contributed by atoms with Gasteiger partial charge in [-0.1, -0.05) is 42.5 Å². The van der Waals surface area contributed by atoms with Crippen molar-refractivity contribution in [3.05, 3.63) is 42.0 Å². The summed E-state index contributed by atoms with van der Waals surface area (Å²) in [5.41, 5.74) is 0.785. The summed E-state index contributed by atoms with van der Waals surface area (Å²) >= 11 is 0. The summed E-state index contributed by atoms with van der Waals surface area (Å²) in [6.45, 7) is 1.42. The van der Waals surface area contributed by atoms with Crippen LogP contribution in [0.15, 0.2) is 36.4 Å². The number of rotatable bonds is 5. The van der Waals surface area contributed by atoms with Gasteiger partial charge < -0.3 is 4.74 Å². The maximum absolute atomic E-state index is 12.7. The van der Waals surface area contributed by atoms with Gasteiger partial charge in [-0.25, -0.2) is 0 Å². The number of carbonyl (C=O) groups is 1. The van der Waals surface area contributed by atoms with E-state index in [1.165, 1.54) is 13.0 Å². The molecule has 0 aliphatic carbocycles. The number of esters is 1. The summed E-state index contributed by atoms with van der Waals surface area (Å²) in [6, 6.07) is 8.92. The quantitative estimate of drug-likeness (QED) is 0.761. The van der Waals surface area contributed by atoms with Crippen molar-refractivity contribution >= 4 is 12.0 Å². The second-order valence-corrected chi connectivity index (χ2v) is 3.90. The first-order chi connectivity index (χ1) is 8.95. The van der Waals surface area contributed by atoms with E-state index in [2.05, 4.69) is 4.74 Å². The minimum Gasteiger partial charge on any atom is -0.466 e. The van der Waals surface area contributed by atoms with E-state index in [-0.39, 0.29) is 6.61 Å². The molecule has 0 aliphatic rings. The number of allylic oxidation sites excluding steroid dienone is 1. The minimum atomic E-state index is -4.59. The molecule has 0 aromatic heterocycles. The van der Waals surface area contributed by atoms with Gasteiger partial charge in [0.05, 0.1) is 6.61 Å². The van der Waals surface area contributed by atoms with E-state index < -0.39 is 24.5 Å². The summed E-state index contributed by atoms with van der Waals surface area (Å²) < 4.78 is 42.5. The Kier molecular flexibility index (Phi) is 5.60. The SMILES string of the molecule is CCOC(=O)C(C/C=C/c1ccccc1)C(F)(F)F. The Morgan fingerprint density at radius 1 is 1.32 bits per heavy atom. The average molecular weight is 272 g/mol. The predicted molar refractivity (Wildman–Crippen MR) is 66.3 cm³/mol. The van der Waals surface area contributed by atoms with Crippen molar-refractivity contribution in [3.8, 4) is 0 Å². The first-order valence-electron chi connectivity index (χ1n) is 5.90. The number of alkyl halides is 3. The molecule has 0 amide bonds. The Hall–Kier alpha value is -1.78. The van der Waals surface area contributed by atoms with Gasteiger partial charge >= 0.3 is 12.1 Å².